The second kappa shape index (κ2) is 8.03. The van der Waals surface area contributed by atoms with Crippen molar-refractivity contribution in [1.29, 1.82) is 0 Å². The van der Waals surface area contributed by atoms with E-state index in [0.717, 1.165) is 16.4 Å². The number of carboxylic acids is 1. The predicted molar refractivity (Wildman–Crippen MR) is 77.8 cm³/mol. The number of hydrogen-bond acceptors (Lipinski definition) is 1. The molecule has 1 aromatic carbocycles. The Morgan fingerprint density at radius 1 is 1.35 bits per heavy atom. The van der Waals surface area contributed by atoms with Gasteiger partial charge in [-0.3, -0.25) is 4.79 Å². The highest BCUT2D eigenvalue weighted by molar-refractivity contribution is 7.27. The maximum absolute atomic E-state index is 10.4. The van der Waals surface area contributed by atoms with Gasteiger partial charge in [0.05, 0.1) is 0 Å². The van der Waals surface area contributed by atoms with Gasteiger partial charge in [0.25, 0.3) is 0 Å². The maximum atomic E-state index is 10.4. The Morgan fingerprint density at radius 3 is 2.41 bits per heavy atom. The fourth-order valence-electron chi connectivity index (χ4n) is 1.40. The lowest BCUT2D eigenvalue weighted by molar-refractivity contribution is -0.136. The van der Waals surface area contributed by atoms with Gasteiger partial charge in [0, 0.05) is 6.42 Å². The highest BCUT2D eigenvalue weighted by atomic mass is 31.0. The van der Waals surface area contributed by atoms with Gasteiger partial charge in [0.1, 0.15) is 0 Å². The summed E-state index contributed by atoms with van der Waals surface area (Å²) in [5, 5.41) is 9.65. The molecule has 0 saturated heterocycles. The van der Waals surface area contributed by atoms with Crippen LogP contribution in [0.1, 0.15) is 37.8 Å². The summed E-state index contributed by atoms with van der Waals surface area (Å²) in [5.74, 6) is -0.784. The Balaban J connectivity index is 0.00000121. The minimum absolute atomic E-state index is 0.136. The molecule has 0 fully saturated rings. The van der Waals surface area contributed by atoms with E-state index in [4.69, 9.17) is 5.11 Å². The molecule has 94 valence electrons. The van der Waals surface area contributed by atoms with Crippen LogP contribution in [-0.4, -0.2) is 11.1 Å². The molecule has 0 bridgehead atoms. The fraction of sp³-hybridized carbons (Fsp3) is 0.357. The van der Waals surface area contributed by atoms with Crippen LogP contribution in [0.25, 0.3) is 5.57 Å². The largest absolute Gasteiger partial charge is 0.481 e. The summed E-state index contributed by atoms with van der Waals surface area (Å²) in [6.45, 7) is 9.94. The molecule has 0 aliphatic heterocycles. The average molecular weight is 252 g/mol. The van der Waals surface area contributed by atoms with Crippen molar-refractivity contribution in [3.8, 4) is 0 Å². The number of aryl methyl sites for hydroxylation is 1. The second-order valence-corrected chi connectivity index (χ2v) is 4.21. The van der Waals surface area contributed by atoms with Crippen molar-refractivity contribution in [2.75, 3.05) is 0 Å². The van der Waals surface area contributed by atoms with Crippen LogP contribution >= 0.6 is 9.24 Å². The first-order valence-corrected chi connectivity index (χ1v) is 6.34. The number of allylic oxidation sites excluding steroid dienone is 1. The van der Waals surface area contributed by atoms with Gasteiger partial charge in [0.15, 0.2) is 0 Å². The molecule has 1 rings (SSSR count). The van der Waals surface area contributed by atoms with E-state index in [1.165, 1.54) is 5.56 Å². The van der Waals surface area contributed by atoms with Gasteiger partial charge in [-0.25, -0.2) is 0 Å². The van der Waals surface area contributed by atoms with Crippen molar-refractivity contribution in [3.05, 3.63) is 35.9 Å². The van der Waals surface area contributed by atoms with E-state index in [9.17, 15) is 4.79 Å². The smallest absolute Gasteiger partial charge is 0.303 e. The Labute approximate surface area is 106 Å². The van der Waals surface area contributed by atoms with Gasteiger partial charge in [-0.15, -0.1) is 9.24 Å². The van der Waals surface area contributed by atoms with E-state index in [2.05, 4.69) is 15.8 Å². The fourth-order valence-corrected chi connectivity index (χ4v) is 1.96. The van der Waals surface area contributed by atoms with Gasteiger partial charge in [0.2, 0.25) is 0 Å². The van der Waals surface area contributed by atoms with Crippen LogP contribution in [0.2, 0.25) is 0 Å². The van der Waals surface area contributed by atoms with Gasteiger partial charge < -0.3 is 5.11 Å². The number of aliphatic carboxylic acids is 1. The summed E-state index contributed by atoms with van der Waals surface area (Å²) in [6.07, 6.45) is 0.636. The van der Waals surface area contributed by atoms with E-state index >= 15 is 0 Å². The number of carboxylic acid groups (broad SMARTS) is 1. The van der Waals surface area contributed by atoms with Crippen LogP contribution in [-0.2, 0) is 4.79 Å². The Bertz CT molecular complexity index is 397. The van der Waals surface area contributed by atoms with E-state index in [-0.39, 0.29) is 6.42 Å². The zero-order valence-corrected chi connectivity index (χ0v) is 11.9. The van der Waals surface area contributed by atoms with Gasteiger partial charge in [-0.1, -0.05) is 44.2 Å². The van der Waals surface area contributed by atoms with Crippen molar-refractivity contribution >= 4 is 26.1 Å². The molecule has 0 aliphatic rings. The first kappa shape index (κ1) is 15.9. The third kappa shape index (κ3) is 5.65. The molecule has 17 heavy (non-hydrogen) atoms. The zero-order valence-electron chi connectivity index (χ0n) is 10.8. The van der Waals surface area contributed by atoms with Crippen molar-refractivity contribution in [2.24, 2.45) is 0 Å². The van der Waals surface area contributed by atoms with Crippen LogP contribution in [0.15, 0.2) is 24.8 Å². The monoisotopic (exact) mass is 252 g/mol. The molecule has 0 spiro atoms. The summed E-state index contributed by atoms with van der Waals surface area (Å²) in [6, 6.07) is 6.04. The van der Waals surface area contributed by atoms with Crippen LogP contribution in [0.4, 0.5) is 0 Å². The van der Waals surface area contributed by atoms with Crippen LogP contribution in [0, 0.1) is 6.92 Å². The summed E-state index contributed by atoms with van der Waals surface area (Å²) in [7, 11) is 2.66. The predicted octanol–water partition coefficient (Wildman–Crippen LogP) is 3.40. The molecule has 1 aromatic rings. The standard InChI is InChI=1S/C12H15O2P.C2H6/c1-8-3-5-10(11(15)7-8)9(2)4-6-12(13)14;1-2/h3,5,7H,2,4,6,15H2,1H3,(H,13,14);1-2H3. The number of carbonyl (C=O) groups is 1. The van der Waals surface area contributed by atoms with Crippen LogP contribution in [0.3, 0.4) is 0 Å². The minimum atomic E-state index is -0.784. The van der Waals surface area contributed by atoms with Crippen LogP contribution in [0.5, 0.6) is 0 Å². The Morgan fingerprint density at radius 2 is 1.94 bits per heavy atom. The van der Waals surface area contributed by atoms with E-state index in [1.54, 1.807) is 0 Å². The molecule has 1 N–H and O–H groups in total. The van der Waals surface area contributed by atoms with Crippen LogP contribution < -0.4 is 5.30 Å². The van der Waals surface area contributed by atoms with Crippen molar-refractivity contribution in [1.82, 2.24) is 0 Å². The molecule has 0 aliphatic carbocycles. The zero-order chi connectivity index (χ0) is 13.4. The molecule has 0 aromatic heterocycles. The van der Waals surface area contributed by atoms with Crippen molar-refractivity contribution in [3.63, 3.8) is 0 Å². The topological polar surface area (TPSA) is 37.3 Å². The molecule has 1 unspecified atom stereocenters. The van der Waals surface area contributed by atoms with Gasteiger partial charge >= 0.3 is 5.97 Å². The summed E-state index contributed by atoms with van der Waals surface area (Å²) in [5.41, 5.74) is 3.10. The minimum Gasteiger partial charge on any atom is -0.481 e. The molecule has 3 heteroatoms. The molecule has 0 saturated carbocycles. The Hall–Kier alpha value is -1.14. The van der Waals surface area contributed by atoms with Gasteiger partial charge in [-0.2, -0.15) is 0 Å². The molecular formula is C14H21O2P. The molecular weight excluding hydrogens is 231 g/mol. The SMILES string of the molecule is C=C(CCC(=O)O)c1ccc(C)cc1P.CC. The molecule has 0 radical (unpaired) electrons. The lowest BCUT2D eigenvalue weighted by atomic mass is 10.0. The van der Waals surface area contributed by atoms with E-state index < -0.39 is 5.97 Å². The average Bonchev–Trinajstić information content (AvgIpc) is 2.28. The van der Waals surface area contributed by atoms with Crippen molar-refractivity contribution < 1.29 is 9.90 Å². The highest BCUT2D eigenvalue weighted by Gasteiger charge is 2.05. The lowest BCUT2D eigenvalue weighted by Crippen LogP contribution is -2.03. The number of hydrogen-bond donors (Lipinski definition) is 1. The summed E-state index contributed by atoms with van der Waals surface area (Å²) < 4.78 is 0. The van der Waals surface area contributed by atoms with Crippen molar-refractivity contribution in [2.45, 2.75) is 33.6 Å². The number of rotatable bonds is 4. The van der Waals surface area contributed by atoms with Gasteiger partial charge in [-0.05, 0) is 29.8 Å². The third-order valence-corrected chi connectivity index (χ3v) is 2.71. The second-order valence-electron chi connectivity index (χ2n) is 3.59. The first-order valence-electron chi connectivity index (χ1n) is 5.77. The summed E-state index contributed by atoms with van der Waals surface area (Å²) in [4.78, 5) is 10.4. The summed E-state index contributed by atoms with van der Waals surface area (Å²) >= 11 is 0. The molecule has 2 nitrogen and oxygen atoms in total. The Kier molecular flexibility index (Phi) is 7.49. The first-order chi connectivity index (χ1) is 8.00. The highest BCUT2D eigenvalue weighted by Crippen LogP contribution is 2.18. The molecule has 0 amide bonds. The number of benzene rings is 1. The molecule has 1 atom stereocenters. The van der Waals surface area contributed by atoms with E-state index in [0.29, 0.717) is 6.42 Å². The lowest BCUT2D eigenvalue weighted by Gasteiger charge is -2.08. The third-order valence-electron chi connectivity index (χ3n) is 2.23. The quantitative estimate of drug-likeness (QED) is 0.834. The maximum Gasteiger partial charge on any atom is 0.303 e. The molecule has 0 heterocycles. The van der Waals surface area contributed by atoms with E-state index in [1.807, 2.05) is 39.0 Å². The normalized spacial score (nSPS) is 9.18.